The van der Waals surface area contributed by atoms with E-state index < -0.39 is 5.60 Å². The maximum Gasteiger partial charge on any atom is 0.154 e. The van der Waals surface area contributed by atoms with Crippen LogP contribution in [0, 0.1) is 6.92 Å². The van der Waals surface area contributed by atoms with Gasteiger partial charge in [0.05, 0.1) is 30.3 Å². The number of methoxy groups -OCH3 is 1. The number of halogens is 1. The van der Waals surface area contributed by atoms with Crippen LogP contribution < -0.4 is 0 Å². The van der Waals surface area contributed by atoms with Gasteiger partial charge in [0, 0.05) is 43.4 Å². The molecular weight excluding hydrogens is 392 g/mol. The minimum atomic E-state index is -0.545. The molecule has 0 bridgehead atoms. The fourth-order valence-corrected chi connectivity index (χ4v) is 3.93. The largest absolute Gasteiger partial charge is 0.472 e. The summed E-state index contributed by atoms with van der Waals surface area (Å²) in [5.74, 6) is 0.685. The molecule has 29 heavy (non-hydrogen) atoms. The van der Waals surface area contributed by atoms with Crippen molar-refractivity contribution < 1.29 is 13.9 Å². The summed E-state index contributed by atoms with van der Waals surface area (Å²) in [4.78, 5) is 9.14. The van der Waals surface area contributed by atoms with Crippen LogP contribution in [0.5, 0.6) is 0 Å². The van der Waals surface area contributed by atoms with Gasteiger partial charge in [-0.15, -0.1) is 0 Å². The van der Waals surface area contributed by atoms with Gasteiger partial charge in [0.2, 0.25) is 0 Å². The standard InChI is InChI=1S/C21H19ClN4O3/c1-13-7-17(21(27-2)4-6-29-12-21)24-19(8-13)26-16-9-18(22)23-10-15(16)20(25-26)14-3-5-28-11-14/h3,5,7-11H,4,6,12H2,1-2H3/t21-/m1/s1. The topological polar surface area (TPSA) is 75.2 Å². The van der Waals surface area contributed by atoms with Crippen LogP contribution in [-0.4, -0.2) is 40.1 Å². The molecule has 0 amide bonds. The number of aryl methyl sites for hydroxylation is 1. The van der Waals surface area contributed by atoms with E-state index >= 15 is 0 Å². The first kappa shape index (κ1) is 18.3. The fourth-order valence-electron chi connectivity index (χ4n) is 3.78. The highest BCUT2D eigenvalue weighted by Crippen LogP contribution is 2.35. The van der Waals surface area contributed by atoms with Gasteiger partial charge in [-0.1, -0.05) is 11.6 Å². The van der Waals surface area contributed by atoms with E-state index in [2.05, 4.69) is 4.98 Å². The van der Waals surface area contributed by atoms with Gasteiger partial charge in [0.25, 0.3) is 0 Å². The number of pyridine rings is 2. The van der Waals surface area contributed by atoms with E-state index in [0.29, 0.717) is 24.2 Å². The number of fused-ring (bicyclic) bond motifs is 1. The lowest BCUT2D eigenvalue weighted by atomic mass is 9.97. The minimum Gasteiger partial charge on any atom is -0.472 e. The summed E-state index contributed by atoms with van der Waals surface area (Å²) in [6, 6.07) is 7.69. The molecule has 1 aliphatic heterocycles. The Morgan fingerprint density at radius 3 is 2.90 bits per heavy atom. The monoisotopic (exact) mass is 410 g/mol. The lowest BCUT2D eigenvalue weighted by Crippen LogP contribution is -2.30. The quantitative estimate of drug-likeness (QED) is 0.467. The van der Waals surface area contributed by atoms with Crippen molar-refractivity contribution in [1.29, 1.82) is 0 Å². The second-order valence-electron chi connectivity index (χ2n) is 7.19. The Labute approximate surface area is 172 Å². The van der Waals surface area contributed by atoms with E-state index in [1.54, 1.807) is 36.6 Å². The zero-order chi connectivity index (χ0) is 20.0. The molecule has 8 heteroatoms. The molecule has 1 fully saturated rings. The summed E-state index contributed by atoms with van der Waals surface area (Å²) in [5.41, 5.74) is 3.79. The molecule has 0 unspecified atom stereocenters. The molecule has 5 heterocycles. The van der Waals surface area contributed by atoms with Crippen LogP contribution in [-0.2, 0) is 15.1 Å². The van der Waals surface area contributed by atoms with Gasteiger partial charge in [-0.05, 0) is 30.7 Å². The molecule has 5 rings (SSSR count). The van der Waals surface area contributed by atoms with Gasteiger partial charge in [0.15, 0.2) is 5.82 Å². The van der Waals surface area contributed by atoms with Crippen molar-refractivity contribution in [3.63, 3.8) is 0 Å². The van der Waals surface area contributed by atoms with Gasteiger partial charge in [-0.25, -0.2) is 14.6 Å². The second-order valence-corrected chi connectivity index (χ2v) is 7.57. The lowest BCUT2D eigenvalue weighted by Gasteiger charge is -2.26. The summed E-state index contributed by atoms with van der Waals surface area (Å²) in [6.07, 6.45) is 5.76. The first-order valence-electron chi connectivity index (χ1n) is 9.29. The predicted octanol–water partition coefficient (Wildman–Crippen LogP) is 4.30. The molecule has 0 aromatic carbocycles. The number of hydrogen-bond acceptors (Lipinski definition) is 6. The summed E-state index contributed by atoms with van der Waals surface area (Å²) in [7, 11) is 1.70. The third kappa shape index (κ3) is 3.02. The Morgan fingerprint density at radius 1 is 1.28 bits per heavy atom. The maximum atomic E-state index is 6.20. The highest BCUT2D eigenvalue weighted by atomic mass is 35.5. The molecule has 1 saturated heterocycles. The van der Waals surface area contributed by atoms with Gasteiger partial charge >= 0.3 is 0 Å². The van der Waals surface area contributed by atoms with Crippen LogP contribution in [0.2, 0.25) is 5.15 Å². The molecule has 0 saturated carbocycles. The highest BCUT2D eigenvalue weighted by molar-refractivity contribution is 6.30. The molecule has 0 aliphatic carbocycles. The Bertz CT molecular complexity index is 1180. The van der Waals surface area contributed by atoms with Crippen molar-refractivity contribution in [2.75, 3.05) is 20.3 Å². The van der Waals surface area contributed by atoms with E-state index in [0.717, 1.165) is 39.8 Å². The number of hydrogen-bond donors (Lipinski definition) is 0. The van der Waals surface area contributed by atoms with E-state index in [1.807, 2.05) is 25.1 Å². The van der Waals surface area contributed by atoms with Crippen LogP contribution in [0.15, 0.2) is 47.4 Å². The number of furan rings is 1. The maximum absolute atomic E-state index is 6.20. The number of rotatable bonds is 4. The van der Waals surface area contributed by atoms with E-state index in [4.69, 9.17) is 35.6 Å². The van der Waals surface area contributed by atoms with E-state index in [1.165, 1.54) is 0 Å². The fraction of sp³-hybridized carbons (Fsp3) is 0.286. The van der Waals surface area contributed by atoms with Crippen molar-refractivity contribution in [3.8, 4) is 17.1 Å². The number of ether oxygens (including phenoxy) is 2. The van der Waals surface area contributed by atoms with Crippen molar-refractivity contribution >= 4 is 22.5 Å². The SMILES string of the molecule is CO[C@]1(c2cc(C)cc(-n3nc(-c4ccoc4)c4cnc(Cl)cc43)n2)CCOC1. The molecule has 4 aromatic heterocycles. The summed E-state index contributed by atoms with van der Waals surface area (Å²) < 4.78 is 18.5. The van der Waals surface area contributed by atoms with Crippen molar-refractivity contribution in [1.82, 2.24) is 19.7 Å². The molecule has 0 radical (unpaired) electrons. The van der Waals surface area contributed by atoms with Crippen molar-refractivity contribution in [3.05, 3.63) is 59.4 Å². The average Bonchev–Trinajstić information content (AvgIpc) is 3.46. The van der Waals surface area contributed by atoms with Gasteiger partial charge in [0.1, 0.15) is 16.4 Å². The highest BCUT2D eigenvalue weighted by Gasteiger charge is 2.38. The Kier molecular flexibility index (Phi) is 4.38. The van der Waals surface area contributed by atoms with Gasteiger partial charge in [-0.2, -0.15) is 5.10 Å². The zero-order valence-electron chi connectivity index (χ0n) is 16.1. The van der Waals surface area contributed by atoms with Gasteiger partial charge < -0.3 is 13.9 Å². The molecular formula is C21H19ClN4O3. The molecule has 7 nitrogen and oxygen atoms in total. The van der Waals surface area contributed by atoms with Crippen LogP contribution >= 0.6 is 11.6 Å². The first-order valence-corrected chi connectivity index (χ1v) is 9.67. The predicted molar refractivity (Wildman–Crippen MR) is 108 cm³/mol. The molecule has 148 valence electrons. The molecule has 0 N–H and O–H groups in total. The third-order valence-electron chi connectivity index (χ3n) is 5.34. The van der Waals surface area contributed by atoms with Crippen LogP contribution in [0.25, 0.3) is 28.0 Å². The van der Waals surface area contributed by atoms with Crippen LogP contribution in [0.1, 0.15) is 17.7 Å². The Hall–Kier alpha value is -2.74. The zero-order valence-corrected chi connectivity index (χ0v) is 16.8. The smallest absolute Gasteiger partial charge is 0.154 e. The summed E-state index contributed by atoms with van der Waals surface area (Å²) in [5, 5.41) is 6.08. The Morgan fingerprint density at radius 2 is 2.17 bits per heavy atom. The third-order valence-corrected chi connectivity index (χ3v) is 5.55. The number of nitrogens with zero attached hydrogens (tertiary/aromatic N) is 4. The van der Waals surface area contributed by atoms with Crippen molar-refractivity contribution in [2.45, 2.75) is 18.9 Å². The minimum absolute atomic E-state index is 0.392. The average molecular weight is 411 g/mol. The molecule has 4 aromatic rings. The molecule has 1 aliphatic rings. The van der Waals surface area contributed by atoms with Crippen molar-refractivity contribution in [2.24, 2.45) is 0 Å². The summed E-state index contributed by atoms with van der Waals surface area (Å²) in [6.45, 7) is 3.16. The van der Waals surface area contributed by atoms with Crippen LogP contribution in [0.3, 0.4) is 0 Å². The summed E-state index contributed by atoms with van der Waals surface area (Å²) >= 11 is 6.20. The van der Waals surface area contributed by atoms with Gasteiger partial charge in [-0.3, -0.25) is 0 Å². The first-order chi connectivity index (χ1) is 14.1. The molecule has 0 spiro atoms. The molecule has 1 atom stereocenters. The van der Waals surface area contributed by atoms with Crippen LogP contribution in [0.4, 0.5) is 0 Å². The van der Waals surface area contributed by atoms with E-state index in [9.17, 15) is 0 Å². The number of aromatic nitrogens is 4. The lowest BCUT2D eigenvalue weighted by molar-refractivity contribution is -0.0246. The Balaban J connectivity index is 1.73. The van der Waals surface area contributed by atoms with E-state index in [-0.39, 0.29) is 0 Å². The second kappa shape index (κ2) is 6.95. The normalized spacial score (nSPS) is 19.3.